The maximum absolute atomic E-state index is 4.45. The van der Waals surface area contributed by atoms with Gasteiger partial charge in [0.1, 0.15) is 0 Å². The Bertz CT molecular complexity index is 466. The number of nitrogens with zero attached hydrogens (tertiary/aromatic N) is 2. The van der Waals surface area contributed by atoms with Gasteiger partial charge in [-0.2, -0.15) is 0 Å². The predicted molar refractivity (Wildman–Crippen MR) is 66.3 cm³/mol. The monoisotopic (exact) mass is 214 g/mol. The molecular formula is C14H18N2. The first-order valence-electron chi connectivity index (χ1n) is 6.33. The average molecular weight is 214 g/mol. The molecule has 3 rings (SSSR count). The molecule has 0 bridgehead atoms. The first kappa shape index (κ1) is 9.88. The van der Waals surface area contributed by atoms with E-state index in [0.29, 0.717) is 0 Å². The molecule has 16 heavy (non-hydrogen) atoms. The highest BCUT2D eigenvalue weighted by atomic mass is 15.0. The highest BCUT2D eigenvalue weighted by molar-refractivity contribution is 5.74. The zero-order valence-electron chi connectivity index (χ0n) is 9.60. The summed E-state index contributed by atoms with van der Waals surface area (Å²) in [5.74, 6) is 0.867. The Morgan fingerprint density at radius 1 is 1.12 bits per heavy atom. The molecule has 1 aromatic heterocycles. The van der Waals surface area contributed by atoms with Gasteiger partial charge in [0.15, 0.2) is 0 Å². The Hall–Kier alpha value is -1.31. The van der Waals surface area contributed by atoms with E-state index in [1.807, 2.05) is 6.33 Å². The second-order valence-electron chi connectivity index (χ2n) is 4.89. The molecule has 84 valence electrons. The van der Waals surface area contributed by atoms with Gasteiger partial charge < -0.3 is 4.57 Å². The molecule has 2 aromatic rings. The van der Waals surface area contributed by atoms with Gasteiger partial charge >= 0.3 is 0 Å². The second-order valence-corrected chi connectivity index (χ2v) is 4.89. The Morgan fingerprint density at radius 3 is 2.81 bits per heavy atom. The molecule has 1 saturated carbocycles. The van der Waals surface area contributed by atoms with Crippen molar-refractivity contribution in [3.05, 3.63) is 30.6 Å². The molecule has 0 amide bonds. The Morgan fingerprint density at radius 2 is 1.94 bits per heavy atom. The summed E-state index contributed by atoms with van der Waals surface area (Å²) < 4.78 is 2.32. The maximum Gasteiger partial charge on any atom is 0.0958 e. The molecule has 0 aliphatic heterocycles. The topological polar surface area (TPSA) is 17.8 Å². The van der Waals surface area contributed by atoms with Gasteiger partial charge in [-0.15, -0.1) is 0 Å². The summed E-state index contributed by atoms with van der Waals surface area (Å²) in [5, 5.41) is 0. The third-order valence-corrected chi connectivity index (χ3v) is 3.71. The number of benzene rings is 1. The summed E-state index contributed by atoms with van der Waals surface area (Å²) in [7, 11) is 0. The lowest BCUT2D eigenvalue weighted by molar-refractivity contribution is 0.322. The zero-order valence-corrected chi connectivity index (χ0v) is 9.60. The summed E-state index contributed by atoms with van der Waals surface area (Å²) >= 11 is 0. The molecule has 2 heteroatoms. The molecule has 1 aromatic carbocycles. The molecule has 0 N–H and O–H groups in total. The Labute approximate surface area is 96.3 Å². The lowest BCUT2D eigenvalue weighted by Gasteiger charge is -2.22. The van der Waals surface area contributed by atoms with Crippen molar-refractivity contribution in [3.8, 4) is 0 Å². The van der Waals surface area contributed by atoms with Crippen molar-refractivity contribution in [2.24, 2.45) is 5.92 Å². The van der Waals surface area contributed by atoms with Crippen LogP contribution >= 0.6 is 0 Å². The van der Waals surface area contributed by atoms with E-state index in [4.69, 9.17) is 0 Å². The van der Waals surface area contributed by atoms with Crippen LogP contribution in [0.15, 0.2) is 30.6 Å². The van der Waals surface area contributed by atoms with Gasteiger partial charge in [0, 0.05) is 6.54 Å². The summed E-state index contributed by atoms with van der Waals surface area (Å²) in [4.78, 5) is 4.45. The van der Waals surface area contributed by atoms with Crippen molar-refractivity contribution in [1.29, 1.82) is 0 Å². The number of imidazole rings is 1. The van der Waals surface area contributed by atoms with E-state index >= 15 is 0 Å². The quantitative estimate of drug-likeness (QED) is 0.746. The molecule has 1 aliphatic rings. The molecule has 1 fully saturated rings. The third-order valence-electron chi connectivity index (χ3n) is 3.71. The fourth-order valence-electron chi connectivity index (χ4n) is 2.80. The molecule has 0 atom stereocenters. The van der Waals surface area contributed by atoms with E-state index in [0.717, 1.165) is 18.0 Å². The first-order chi connectivity index (χ1) is 7.93. The Kier molecular flexibility index (Phi) is 2.65. The highest BCUT2D eigenvalue weighted by Crippen LogP contribution is 2.26. The lowest BCUT2D eigenvalue weighted by atomic mass is 9.89. The van der Waals surface area contributed by atoms with Crippen LogP contribution < -0.4 is 0 Å². The van der Waals surface area contributed by atoms with E-state index in [9.17, 15) is 0 Å². The highest BCUT2D eigenvalue weighted by Gasteiger charge is 2.14. The fourth-order valence-corrected chi connectivity index (χ4v) is 2.80. The van der Waals surface area contributed by atoms with Crippen LogP contribution in [0.2, 0.25) is 0 Å². The Balaban J connectivity index is 1.83. The number of aromatic nitrogens is 2. The third kappa shape index (κ3) is 1.84. The van der Waals surface area contributed by atoms with Gasteiger partial charge in [-0.3, -0.25) is 0 Å². The minimum absolute atomic E-state index is 0.867. The summed E-state index contributed by atoms with van der Waals surface area (Å²) in [6, 6.07) is 8.42. The van der Waals surface area contributed by atoms with Crippen LogP contribution in [0.3, 0.4) is 0 Å². The van der Waals surface area contributed by atoms with Gasteiger partial charge in [-0.1, -0.05) is 31.4 Å². The minimum atomic E-state index is 0.867. The largest absolute Gasteiger partial charge is 0.330 e. The summed E-state index contributed by atoms with van der Waals surface area (Å²) in [5.41, 5.74) is 2.41. The van der Waals surface area contributed by atoms with Crippen LogP contribution in [-0.4, -0.2) is 9.55 Å². The first-order valence-corrected chi connectivity index (χ1v) is 6.33. The molecule has 1 aliphatic carbocycles. The number of rotatable bonds is 2. The van der Waals surface area contributed by atoms with E-state index in [2.05, 4.69) is 33.8 Å². The van der Waals surface area contributed by atoms with Crippen molar-refractivity contribution in [3.63, 3.8) is 0 Å². The van der Waals surface area contributed by atoms with Crippen molar-refractivity contribution < 1.29 is 0 Å². The van der Waals surface area contributed by atoms with Crippen LogP contribution in [0.1, 0.15) is 32.1 Å². The summed E-state index contributed by atoms with van der Waals surface area (Å²) in [6.45, 7) is 1.15. The van der Waals surface area contributed by atoms with Crippen molar-refractivity contribution in [1.82, 2.24) is 9.55 Å². The SMILES string of the molecule is c1ccc2c(c1)ncn2CC1CCCCC1. The number of hydrogen-bond acceptors (Lipinski definition) is 1. The predicted octanol–water partition coefficient (Wildman–Crippen LogP) is 3.62. The lowest BCUT2D eigenvalue weighted by Crippen LogP contribution is -2.13. The standard InChI is InChI=1S/C14H18N2/c1-2-6-12(7-3-1)10-16-11-15-13-8-4-5-9-14(13)16/h4-5,8-9,11-12H,1-3,6-7,10H2. The van der Waals surface area contributed by atoms with Gasteiger partial charge in [0.25, 0.3) is 0 Å². The number of hydrogen-bond donors (Lipinski definition) is 0. The van der Waals surface area contributed by atoms with Crippen molar-refractivity contribution in [2.45, 2.75) is 38.6 Å². The second kappa shape index (κ2) is 4.28. The van der Waals surface area contributed by atoms with Crippen LogP contribution in [-0.2, 0) is 6.54 Å². The normalized spacial score (nSPS) is 18.0. The van der Waals surface area contributed by atoms with Crippen molar-refractivity contribution in [2.75, 3.05) is 0 Å². The molecule has 1 heterocycles. The summed E-state index contributed by atoms with van der Waals surface area (Å²) in [6.07, 6.45) is 9.05. The molecular weight excluding hydrogens is 196 g/mol. The van der Waals surface area contributed by atoms with E-state index in [1.54, 1.807) is 0 Å². The average Bonchev–Trinajstić information content (AvgIpc) is 2.74. The van der Waals surface area contributed by atoms with E-state index in [-0.39, 0.29) is 0 Å². The van der Waals surface area contributed by atoms with Gasteiger partial charge in [0.05, 0.1) is 17.4 Å². The van der Waals surface area contributed by atoms with Gasteiger partial charge in [-0.05, 0) is 30.9 Å². The van der Waals surface area contributed by atoms with Crippen molar-refractivity contribution >= 4 is 11.0 Å². The van der Waals surface area contributed by atoms with Gasteiger partial charge in [0.2, 0.25) is 0 Å². The van der Waals surface area contributed by atoms with Gasteiger partial charge in [-0.25, -0.2) is 4.98 Å². The molecule has 0 radical (unpaired) electrons. The molecule has 0 unspecified atom stereocenters. The smallest absolute Gasteiger partial charge is 0.0958 e. The number of fused-ring (bicyclic) bond motifs is 1. The van der Waals surface area contributed by atoms with Crippen LogP contribution in [0.25, 0.3) is 11.0 Å². The minimum Gasteiger partial charge on any atom is -0.330 e. The molecule has 2 nitrogen and oxygen atoms in total. The van der Waals surface area contributed by atoms with Crippen LogP contribution in [0, 0.1) is 5.92 Å². The molecule has 0 spiro atoms. The fraction of sp³-hybridized carbons (Fsp3) is 0.500. The van der Waals surface area contributed by atoms with Crippen LogP contribution in [0.4, 0.5) is 0 Å². The van der Waals surface area contributed by atoms with E-state index < -0.39 is 0 Å². The maximum atomic E-state index is 4.45. The van der Waals surface area contributed by atoms with E-state index in [1.165, 1.54) is 37.6 Å². The zero-order chi connectivity index (χ0) is 10.8. The van der Waals surface area contributed by atoms with Crippen LogP contribution in [0.5, 0.6) is 0 Å². The number of para-hydroxylation sites is 2. The molecule has 0 saturated heterocycles.